The Balaban J connectivity index is 1.38. The summed E-state index contributed by atoms with van der Waals surface area (Å²) in [5, 5.41) is 3.39. The quantitative estimate of drug-likeness (QED) is 0.714. The molecule has 5 heterocycles. The number of piperazine rings is 1. The number of aromatic nitrogens is 1. The van der Waals surface area contributed by atoms with Crippen LogP contribution in [0.1, 0.15) is 31.0 Å². The molecular formula is C22H31F2N5O. The molecule has 3 fully saturated rings. The number of rotatable bonds is 6. The number of ether oxygens (including phenoxy) is 1. The highest BCUT2D eigenvalue weighted by atomic mass is 19.3. The number of hydrogen-bond acceptors (Lipinski definition) is 6. The van der Waals surface area contributed by atoms with E-state index in [0.29, 0.717) is 38.0 Å². The maximum absolute atomic E-state index is 14.0. The molecule has 8 heteroatoms. The van der Waals surface area contributed by atoms with Crippen LogP contribution in [0, 0.1) is 0 Å². The molecule has 4 aliphatic rings. The van der Waals surface area contributed by atoms with E-state index in [4.69, 9.17) is 4.74 Å². The smallest absolute Gasteiger partial charge is 0.280 e. The first kappa shape index (κ1) is 20.2. The highest BCUT2D eigenvalue weighted by molar-refractivity contribution is 5.65. The molecule has 6 nitrogen and oxygen atoms in total. The third kappa shape index (κ3) is 3.59. The molecule has 1 aromatic heterocycles. The van der Waals surface area contributed by atoms with E-state index in [-0.39, 0.29) is 11.3 Å². The normalized spacial score (nSPS) is 24.0. The minimum atomic E-state index is -2.56. The van der Waals surface area contributed by atoms with Gasteiger partial charge in [-0.3, -0.25) is 4.90 Å². The standard InChI is InChI=1S/C22H31F2N5O/c1-2-4-17-18(28-12-16(13-28)27-8-6-25-7-9-27)11-19(26-20(17)21(23)24)29-14-22(15-29)5-3-10-30-22/h3,5,11,16,21,25H,2,4,6-10,12-15H2,1H3. The second-order valence-corrected chi connectivity index (χ2v) is 8.89. The molecule has 30 heavy (non-hydrogen) atoms. The second-order valence-electron chi connectivity index (χ2n) is 8.89. The van der Waals surface area contributed by atoms with Crippen molar-refractivity contribution in [3.05, 3.63) is 29.5 Å². The molecule has 1 N–H and O–H groups in total. The highest BCUT2D eigenvalue weighted by Crippen LogP contribution is 2.40. The first-order valence-corrected chi connectivity index (χ1v) is 11.2. The summed E-state index contributed by atoms with van der Waals surface area (Å²) in [5.41, 5.74) is 1.38. The fraction of sp³-hybridized carbons (Fsp3) is 0.682. The van der Waals surface area contributed by atoms with Crippen molar-refractivity contribution in [2.45, 2.75) is 37.8 Å². The summed E-state index contributed by atoms with van der Waals surface area (Å²) in [6.07, 6.45) is 3.02. The first-order chi connectivity index (χ1) is 14.6. The number of halogens is 2. The van der Waals surface area contributed by atoms with Crippen LogP contribution in [-0.2, 0) is 11.2 Å². The van der Waals surface area contributed by atoms with Gasteiger partial charge in [0.05, 0.1) is 19.7 Å². The predicted octanol–water partition coefficient (Wildman–Crippen LogP) is 2.21. The minimum Gasteiger partial charge on any atom is -0.368 e. The van der Waals surface area contributed by atoms with Gasteiger partial charge in [0.15, 0.2) is 0 Å². The SMILES string of the molecule is CCCc1c(N2CC(N3CCNCC3)C2)cc(N2CC3(C=CCO3)C2)nc1C(F)F. The molecular weight excluding hydrogens is 388 g/mol. The predicted molar refractivity (Wildman–Crippen MR) is 114 cm³/mol. The van der Waals surface area contributed by atoms with Crippen molar-refractivity contribution in [2.75, 3.05) is 68.8 Å². The number of anilines is 2. The monoisotopic (exact) mass is 419 g/mol. The zero-order valence-electron chi connectivity index (χ0n) is 17.6. The Labute approximate surface area is 176 Å². The van der Waals surface area contributed by atoms with Crippen LogP contribution < -0.4 is 15.1 Å². The summed E-state index contributed by atoms with van der Waals surface area (Å²) in [6.45, 7) is 10.0. The molecule has 0 amide bonds. The van der Waals surface area contributed by atoms with Crippen LogP contribution in [-0.4, -0.2) is 80.5 Å². The van der Waals surface area contributed by atoms with Crippen molar-refractivity contribution in [1.29, 1.82) is 0 Å². The summed E-state index contributed by atoms with van der Waals surface area (Å²) in [5.74, 6) is 0.653. The molecule has 0 aromatic carbocycles. The topological polar surface area (TPSA) is 43.9 Å². The molecule has 0 atom stereocenters. The Hall–Kier alpha value is -1.77. The molecule has 0 radical (unpaired) electrons. The lowest BCUT2D eigenvalue weighted by Crippen LogP contribution is -2.63. The minimum absolute atomic E-state index is 0.0428. The first-order valence-electron chi connectivity index (χ1n) is 11.2. The maximum atomic E-state index is 14.0. The summed E-state index contributed by atoms with van der Waals surface area (Å²) in [6, 6.07) is 2.55. The molecule has 0 unspecified atom stereocenters. The van der Waals surface area contributed by atoms with Crippen molar-refractivity contribution >= 4 is 11.5 Å². The highest BCUT2D eigenvalue weighted by Gasteiger charge is 2.45. The van der Waals surface area contributed by atoms with Gasteiger partial charge < -0.3 is 19.9 Å². The molecule has 4 aliphatic heterocycles. The van der Waals surface area contributed by atoms with E-state index in [9.17, 15) is 8.78 Å². The van der Waals surface area contributed by atoms with Crippen LogP contribution in [0.3, 0.4) is 0 Å². The molecule has 1 spiro atoms. The molecule has 3 saturated heterocycles. The van der Waals surface area contributed by atoms with Gasteiger partial charge in [-0.25, -0.2) is 13.8 Å². The molecule has 0 aliphatic carbocycles. The van der Waals surface area contributed by atoms with Crippen LogP contribution in [0.4, 0.5) is 20.3 Å². The maximum Gasteiger partial charge on any atom is 0.280 e. The van der Waals surface area contributed by atoms with Gasteiger partial charge in [-0.2, -0.15) is 0 Å². The molecule has 0 bridgehead atoms. The summed E-state index contributed by atoms with van der Waals surface area (Å²) in [4.78, 5) is 11.3. The largest absolute Gasteiger partial charge is 0.368 e. The van der Waals surface area contributed by atoms with Gasteiger partial charge >= 0.3 is 0 Å². The third-order valence-corrected chi connectivity index (χ3v) is 6.83. The van der Waals surface area contributed by atoms with E-state index in [0.717, 1.165) is 56.9 Å². The summed E-state index contributed by atoms with van der Waals surface area (Å²) < 4.78 is 33.8. The average molecular weight is 420 g/mol. The zero-order valence-corrected chi connectivity index (χ0v) is 17.6. The van der Waals surface area contributed by atoms with Gasteiger partial charge in [0.1, 0.15) is 17.1 Å². The number of hydrogen-bond donors (Lipinski definition) is 1. The van der Waals surface area contributed by atoms with Crippen molar-refractivity contribution in [1.82, 2.24) is 15.2 Å². The number of nitrogens with zero attached hydrogens (tertiary/aromatic N) is 4. The van der Waals surface area contributed by atoms with Crippen LogP contribution in [0.15, 0.2) is 18.2 Å². The van der Waals surface area contributed by atoms with Gasteiger partial charge in [0, 0.05) is 62.6 Å². The fourth-order valence-electron chi connectivity index (χ4n) is 5.11. The molecule has 164 valence electrons. The third-order valence-electron chi connectivity index (χ3n) is 6.83. The van der Waals surface area contributed by atoms with E-state index in [1.807, 2.05) is 19.1 Å². The molecule has 0 saturated carbocycles. The van der Waals surface area contributed by atoms with Crippen molar-refractivity contribution < 1.29 is 13.5 Å². The Bertz CT molecular complexity index is 799. The lowest BCUT2D eigenvalue weighted by molar-refractivity contribution is 0.00351. The van der Waals surface area contributed by atoms with Crippen molar-refractivity contribution in [2.24, 2.45) is 0 Å². The fourth-order valence-corrected chi connectivity index (χ4v) is 5.11. The van der Waals surface area contributed by atoms with Crippen LogP contribution in [0.2, 0.25) is 0 Å². The van der Waals surface area contributed by atoms with E-state index >= 15 is 0 Å². The van der Waals surface area contributed by atoms with Crippen LogP contribution in [0.5, 0.6) is 0 Å². The Morgan fingerprint density at radius 1 is 1.23 bits per heavy atom. The molecule has 5 rings (SSSR count). The Kier molecular flexibility index (Phi) is 5.41. The summed E-state index contributed by atoms with van der Waals surface area (Å²) in [7, 11) is 0. The second kappa shape index (κ2) is 8.05. The lowest BCUT2D eigenvalue weighted by Gasteiger charge is -2.49. The molecule has 1 aromatic rings. The van der Waals surface area contributed by atoms with Gasteiger partial charge in [-0.15, -0.1) is 0 Å². The van der Waals surface area contributed by atoms with E-state index < -0.39 is 6.43 Å². The number of nitrogens with one attached hydrogen (secondary N) is 1. The summed E-state index contributed by atoms with van der Waals surface area (Å²) >= 11 is 0. The van der Waals surface area contributed by atoms with Crippen molar-refractivity contribution in [3.63, 3.8) is 0 Å². The van der Waals surface area contributed by atoms with Crippen molar-refractivity contribution in [3.8, 4) is 0 Å². The van der Waals surface area contributed by atoms with E-state index in [1.54, 1.807) is 0 Å². The van der Waals surface area contributed by atoms with E-state index in [2.05, 4.69) is 31.1 Å². The van der Waals surface area contributed by atoms with Gasteiger partial charge in [0.2, 0.25) is 0 Å². The Morgan fingerprint density at radius 3 is 2.63 bits per heavy atom. The van der Waals surface area contributed by atoms with Gasteiger partial charge in [-0.1, -0.05) is 25.5 Å². The lowest BCUT2D eigenvalue weighted by atomic mass is 9.94. The Morgan fingerprint density at radius 2 is 2.00 bits per heavy atom. The zero-order chi connectivity index (χ0) is 20.7. The average Bonchev–Trinajstić information content (AvgIpc) is 3.18. The van der Waals surface area contributed by atoms with Crippen LogP contribution >= 0.6 is 0 Å². The van der Waals surface area contributed by atoms with Gasteiger partial charge in [-0.05, 0) is 6.42 Å². The number of alkyl halides is 2. The number of pyridine rings is 1. The van der Waals surface area contributed by atoms with Gasteiger partial charge in [0.25, 0.3) is 6.43 Å². The van der Waals surface area contributed by atoms with E-state index in [1.165, 1.54) is 0 Å². The van der Waals surface area contributed by atoms with Crippen LogP contribution in [0.25, 0.3) is 0 Å².